The van der Waals surface area contributed by atoms with E-state index in [0.29, 0.717) is 26.2 Å². The molecule has 8 heteroatoms. The number of hydrogen-bond acceptors (Lipinski definition) is 8. The van der Waals surface area contributed by atoms with Crippen molar-refractivity contribution < 1.29 is 10.2 Å². The number of nitrogens with two attached hydrogens (primary N) is 2. The summed E-state index contributed by atoms with van der Waals surface area (Å²) in [6, 6.07) is 0. The van der Waals surface area contributed by atoms with Gasteiger partial charge in [0.15, 0.2) is 0 Å². The van der Waals surface area contributed by atoms with E-state index in [1.165, 1.54) is 0 Å². The number of nitrogens with zero attached hydrogens (tertiary/aromatic N) is 2. The number of aliphatic hydroxyl groups excluding tert-OH is 2. The molecular formula is C22H46N6O2. The molecule has 0 aromatic rings. The fraction of sp³-hybridized carbons (Fsp3) is 0.818. The monoisotopic (exact) mass is 426 g/mol. The first kappa shape index (κ1) is 27.2. The summed E-state index contributed by atoms with van der Waals surface area (Å²) >= 11 is 0. The first-order valence-electron chi connectivity index (χ1n) is 11.6. The van der Waals surface area contributed by atoms with Gasteiger partial charge in [-0.3, -0.25) is 9.80 Å². The van der Waals surface area contributed by atoms with Gasteiger partial charge in [-0.2, -0.15) is 0 Å². The Hall–Kier alpha value is -0.840. The summed E-state index contributed by atoms with van der Waals surface area (Å²) in [5, 5.41) is 27.0. The fourth-order valence-electron chi connectivity index (χ4n) is 3.42. The molecule has 0 spiro atoms. The van der Waals surface area contributed by atoms with Crippen LogP contribution in [0.25, 0.3) is 0 Å². The summed E-state index contributed by atoms with van der Waals surface area (Å²) in [7, 11) is 0. The molecule has 1 aliphatic heterocycles. The fourth-order valence-corrected chi connectivity index (χ4v) is 3.42. The Morgan fingerprint density at radius 3 is 1.47 bits per heavy atom. The van der Waals surface area contributed by atoms with Gasteiger partial charge in [0.05, 0.1) is 12.2 Å². The minimum Gasteiger partial charge on any atom is -0.390 e. The molecule has 2 atom stereocenters. The van der Waals surface area contributed by atoms with Gasteiger partial charge >= 0.3 is 0 Å². The predicted octanol–water partition coefficient (Wildman–Crippen LogP) is -0.905. The van der Waals surface area contributed by atoms with E-state index in [-0.39, 0.29) is 12.2 Å². The molecule has 30 heavy (non-hydrogen) atoms. The van der Waals surface area contributed by atoms with Crippen molar-refractivity contribution in [2.75, 3.05) is 78.5 Å². The summed E-state index contributed by atoms with van der Waals surface area (Å²) in [6.45, 7) is 9.34. The lowest BCUT2D eigenvalue weighted by Gasteiger charge is -2.36. The van der Waals surface area contributed by atoms with Crippen LogP contribution in [0, 0.1) is 0 Å². The zero-order valence-corrected chi connectivity index (χ0v) is 18.7. The zero-order chi connectivity index (χ0) is 21.9. The molecule has 0 bridgehead atoms. The molecule has 0 aromatic carbocycles. The highest BCUT2D eigenvalue weighted by Gasteiger charge is 2.20. The molecule has 0 amide bonds. The van der Waals surface area contributed by atoms with Crippen LogP contribution in [0.4, 0.5) is 0 Å². The molecule has 1 saturated heterocycles. The lowest BCUT2D eigenvalue weighted by Crippen LogP contribution is -2.51. The SMILES string of the molecule is NCCCC=CCNCC(O)CN1CCN(CC(O)CNCC=CCCCN)CC1. The maximum atomic E-state index is 10.2. The molecule has 0 saturated carbocycles. The lowest BCUT2D eigenvalue weighted by atomic mass is 10.2. The van der Waals surface area contributed by atoms with Crippen molar-refractivity contribution >= 4 is 0 Å². The number of nitrogens with one attached hydrogen (secondary N) is 2. The summed E-state index contributed by atoms with van der Waals surface area (Å²) in [4.78, 5) is 4.60. The average molecular weight is 427 g/mol. The predicted molar refractivity (Wildman–Crippen MR) is 125 cm³/mol. The summed E-state index contributed by atoms with van der Waals surface area (Å²) in [5.74, 6) is 0. The molecule has 0 radical (unpaired) electrons. The molecule has 0 aliphatic carbocycles. The molecule has 1 fully saturated rings. The molecule has 8 N–H and O–H groups in total. The van der Waals surface area contributed by atoms with E-state index in [9.17, 15) is 10.2 Å². The van der Waals surface area contributed by atoms with E-state index >= 15 is 0 Å². The van der Waals surface area contributed by atoms with Gasteiger partial charge in [0.1, 0.15) is 0 Å². The van der Waals surface area contributed by atoms with Crippen LogP contribution in [0.15, 0.2) is 24.3 Å². The van der Waals surface area contributed by atoms with E-state index in [1.807, 2.05) is 0 Å². The van der Waals surface area contributed by atoms with Crippen molar-refractivity contribution in [2.45, 2.75) is 37.9 Å². The summed E-state index contributed by atoms with van der Waals surface area (Å²) < 4.78 is 0. The maximum Gasteiger partial charge on any atom is 0.0791 e. The number of hydrogen-bond donors (Lipinski definition) is 6. The standard InChI is InChI=1S/C22H46N6O2/c23-9-5-1-3-7-11-25-17-21(29)19-27-13-15-28(16-14-27)20-22(30)18-26-12-8-4-2-6-10-24/h3-4,7-8,21-22,25-26,29-30H,1-2,5-6,9-20,23-24H2. The average Bonchev–Trinajstić information content (AvgIpc) is 2.74. The second-order valence-electron chi connectivity index (χ2n) is 8.03. The minimum absolute atomic E-state index is 0.360. The Morgan fingerprint density at radius 1 is 0.700 bits per heavy atom. The van der Waals surface area contributed by atoms with E-state index in [4.69, 9.17) is 11.5 Å². The van der Waals surface area contributed by atoms with Crippen LogP contribution < -0.4 is 22.1 Å². The molecule has 1 rings (SSSR count). The third kappa shape index (κ3) is 15.0. The Kier molecular flexibility index (Phi) is 17.1. The summed E-state index contributed by atoms with van der Waals surface area (Å²) in [5.41, 5.74) is 10.9. The van der Waals surface area contributed by atoms with E-state index in [0.717, 1.165) is 78.0 Å². The van der Waals surface area contributed by atoms with Gasteiger partial charge in [-0.1, -0.05) is 24.3 Å². The number of allylic oxidation sites excluding steroid dienone is 2. The van der Waals surface area contributed by atoms with Crippen LogP contribution in [0.1, 0.15) is 25.7 Å². The van der Waals surface area contributed by atoms with Gasteiger partial charge in [-0.15, -0.1) is 0 Å². The van der Waals surface area contributed by atoms with Crippen LogP contribution in [-0.2, 0) is 0 Å². The quantitative estimate of drug-likeness (QED) is 0.123. The number of rotatable bonds is 18. The molecular weight excluding hydrogens is 380 g/mol. The topological polar surface area (TPSA) is 123 Å². The van der Waals surface area contributed by atoms with Crippen molar-refractivity contribution in [3.8, 4) is 0 Å². The second kappa shape index (κ2) is 18.9. The van der Waals surface area contributed by atoms with Crippen molar-refractivity contribution in [1.82, 2.24) is 20.4 Å². The first-order valence-corrected chi connectivity index (χ1v) is 11.6. The minimum atomic E-state index is -0.360. The molecule has 1 heterocycles. The Labute approximate surface area is 183 Å². The highest BCUT2D eigenvalue weighted by molar-refractivity contribution is 4.85. The van der Waals surface area contributed by atoms with Crippen LogP contribution in [-0.4, -0.2) is 111 Å². The van der Waals surface area contributed by atoms with E-state index < -0.39 is 0 Å². The van der Waals surface area contributed by atoms with Gasteiger partial charge in [-0.05, 0) is 38.8 Å². The molecule has 176 valence electrons. The van der Waals surface area contributed by atoms with Crippen molar-refractivity contribution in [1.29, 1.82) is 0 Å². The Morgan fingerprint density at radius 2 is 1.10 bits per heavy atom. The smallest absolute Gasteiger partial charge is 0.0791 e. The van der Waals surface area contributed by atoms with Crippen LogP contribution in [0.5, 0.6) is 0 Å². The molecule has 1 aliphatic rings. The van der Waals surface area contributed by atoms with Crippen LogP contribution in [0.3, 0.4) is 0 Å². The van der Waals surface area contributed by atoms with Crippen LogP contribution >= 0.6 is 0 Å². The summed E-state index contributed by atoms with van der Waals surface area (Å²) in [6.07, 6.45) is 11.8. The van der Waals surface area contributed by atoms with E-state index in [2.05, 4.69) is 44.7 Å². The highest BCUT2D eigenvalue weighted by Crippen LogP contribution is 2.04. The van der Waals surface area contributed by atoms with Gasteiger partial charge < -0.3 is 32.3 Å². The third-order valence-electron chi connectivity index (χ3n) is 5.17. The highest BCUT2D eigenvalue weighted by atomic mass is 16.3. The lowest BCUT2D eigenvalue weighted by molar-refractivity contribution is 0.0493. The van der Waals surface area contributed by atoms with Gasteiger partial charge in [0.2, 0.25) is 0 Å². The third-order valence-corrected chi connectivity index (χ3v) is 5.17. The largest absolute Gasteiger partial charge is 0.390 e. The molecule has 2 unspecified atom stereocenters. The molecule has 0 aromatic heterocycles. The second-order valence-corrected chi connectivity index (χ2v) is 8.03. The molecule has 8 nitrogen and oxygen atoms in total. The Bertz CT molecular complexity index is 401. The van der Waals surface area contributed by atoms with Crippen LogP contribution in [0.2, 0.25) is 0 Å². The van der Waals surface area contributed by atoms with Gasteiger partial charge in [0.25, 0.3) is 0 Å². The number of unbranched alkanes of at least 4 members (excludes halogenated alkanes) is 2. The Balaban J connectivity index is 2.04. The number of aliphatic hydroxyl groups is 2. The van der Waals surface area contributed by atoms with E-state index in [1.54, 1.807) is 0 Å². The normalized spacial score (nSPS) is 18.5. The van der Waals surface area contributed by atoms with Crippen molar-refractivity contribution in [2.24, 2.45) is 11.5 Å². The first-order chi connectivity index (χ1) is 14.7. The van der Waals surface area contributed by atoms with Crippen molar-refractivity contribution in [3.05, 3.63) is 24.3 Å². The van der Waals surface area contributed by atoms with Crippen molar-refractivity contribution in [3.63, 3.8) is 0 Å². The number of piperazine rings is 1. The van der Waals surface area contributed by atoms with Gasteiger partial charge in [0, 0.05) is 65.4 Å². The maximum absolute atomic E-state index is 10.2. The van der Waals surface area contributed by atoms with Gasteiger partial charge in [-0.25, -0.2) is 0 Å². The number of β-amino-alcohol motifs (C(OH)–C–C–N with tert-alkyl or cyclic N) is 2. The zero-order valence-electron chi connectivity index (χ0n) is 18.7.